The maximum atomic E-state index is 5.87. The van der Waals surface area contributed by atoms with E-state index in [0.717, 1.165) is 22.8 Å². The first-order valence-corrected chi connectivity index (χ1v) is 10.8. The van der Waals surface area contributed by atoms with E-state index in [1.54, 1.807) is 0 Å². The molecule has 1 aliphatic heterocycles. The van der Waals surface area contributed by atoms with E-state index in [4.69, 9.17) is 12.2 Å². The summed E-state index contributed by atoms with van der Waals surface area (Å²) in [6.45, 7) is 4.25. The van der Waals surface area contributed by atoms with Crippen molar-refractivity contribution >= 4 is 23.0 Å². The third kappa shape index (κ3) is 3.62. The number of nitrogens with one attached hydrogen (secondary N) is 1. The van der Waals surface area contributed by atoms with Crippen molar-refractivity contribution in [2.75, 3.05) is 4.90 Å². The first kappa shape index (κ1) is 19.5. The number of rotatable bonds is 4. The fourth-order valence-electron chi connectivity index (χ4n) is 4.48. The smallest absolute Gasteiger partial charge is 0.174 e. The summed E-state index contributed by atoms with van der Waals surface area (Å²) < 4.78 is 2.24. The molecule has 3 heterocycles. The summed E-state index contributed by atoms with van der Waals surface area (Å²) in [5, 5.41) is 4.27. The predicted octanol–water partition coefficient (Wildman–Crippen LogP) is 5.67. The van der Waals surface area contributed by atoms with Gasteiger partial charge in [0.05, 0.1) is 11.7 Å². The van der Waals surface area contributed by atoms with Crippen molar-refractivity contribution < 1.29 is 0 Å². The van der Waals surface area contributed by atoms with Gasteiger partial charge in [-0.2, -0.15) is 0 Å². The second-order valence-corrected chi connectivity index (χ2v) is 8.37. The van der Waals surface area contributed by atoms with E-state index in [0.29, 0.717) is 5.11 Å². The SMILES string of the molecule is Cc1cc(C)cc(N2C(=S)N[C@@H](c3ccccn3)[C@@H]2c2cccn2-c2ccccc2)c1. The van der Waals surface area contributed by atoms with E-state index in [-0.39, 0.29) is 12.1 Å². The van der Waals surface area contributed by atoms with E-state index in [1.807, 2.05) is 24.4 Å². The molecule has 0 bridgehead atoms. The lowest BCUT2D eigenvalue weighted by atomic mass is 10.00. The number of hydrogen-bond acceptors (Lipinski definition) is 2. The van der Waals surface area contributed by atoms with Crippen molar-refractivity contribution in [1.82, 2.24) is 14.9 Å². The van der Waals surface area contributed by atoms with Gasteiger partial charge in [0.15, 0.2) is 5.11 Å². The average molecular weight is 425 g/mol. The topological polar surface area (TPSA) is 33.1 Å². The molecular formula is C26H24N4S. The van der Waals surface area contributed by atoms with Gasteiger partial charge in [-0.1, -0.05) is 30.3 Å². The van der Waals surface area contributed by atoms with Crippen molar-refractivity contribution in [2.24, 2.45) is 0 Å². The van der Waals surface area contributed by atoms with Gasteiger partial charge in [0.2, 0.25) is 0 Å². The van der Waals surface area contributed by atoms with Crippen LogP contribution in [-0.4, -0.2) is 14.7 Å². The third-order valence-electron chi connectivity index (χ3n) is 5.70. The molecule has 0 amide bonds. The molecule has 1 aliphatic rings. The molecule has 31 heavy (non-hydrogen) atoms. The molecule has 5 heteroatoms. The van der Waals surface area contributed by atoms with Gasteiger partial charge in [0, 0.05) is 29.5 Å². The lowest BCUT2D eigenvalue weighted by Crippen LogP contribution is -2.30. The lowest BCUT2D eigenvalue weighted by Gasteiger charge is -2.29. The van der Waals surface area contributed by atoms with E-state index in [1.165, 1.54) is 11.1 Å². The Balaban J connectivity index is 1.69. The predicted molar refractivity (Wildman–Crippen MR) is 130 cm³/mol. The number of thiocarbonyl (C=S) groups is 1. The quantitative estimate of drug-likeness (QED) is 0.428. The van der Waals surface area contributed by atoms with E-state index < -0.39 is 0 Å². The van der Waals surface area contributed by atoms with Crippen LogP contribution in [0.15, 0.2) is 91.3 Å². The fraction of sp³-hybridized carbons (Fsp3) is 0.154. The Hall–Kier alpha value is -3.44. The average Bonchev–Trinajstić information content (AvgIpc) is 3.38. The van der Waals surface area contributed by atoms with Crippen LogP contribution in [-0.2, 0) is 0 Å². The molecular weight excluding hydrogens is 400 g/mol. The third-order valence-corrected chi connectivity index (χ3v) is 6.01. The molecule has 154 valence electrons. The van der Waals surface area contributed by atoms with Crippen LogP contribution in [0.5, 0.6) is 0 Å². The molecule has 0 saturated carbocycles. The molecule has 0 aliphatic carbocycles. The minimum atomic E-state index is -0.0631. The van der Waals surface area contributed by atoms with Crippen molar-refractivity contribution in [3.05, 3.63) is 114 Å². The summed E-state index contributed by atoms with van der Waals surface area (Å²) in [6.07, 6.45) is 3.95. The maximum Gasteiger partial charge on any atom is 0.174 e. The summed E-state index contributed by atoms with van der Waals surface area (Å²) in [7, 11) is 0. The first-order chi connectivity index (χ1) is 15.1. The molecule has 2 aromatic carbocycles. The number of benzene rings is 2. The molecule has 0 radical (unpaired) electrons. The van der Waals surface area contributed by atoms with Crippen LogP contribution in [0.2, 0.25) is 0 Å². The van der Waals surface area contributed by atoms with E-state index >= 15 is 0 Å². The van der Waals surface area contributed by atoms with Gasteiger partial charge >= 0.3 is 0 Å². The number of hydrogen-bond donors (Lipinski definition) is 1. The molecule has 4 nitrogen and oxygen atoms in total. The second-order valence-electron chi connectivity index (χ2n) is 7.98. The highest BCUT2D eigenvalue weighted by Gasteiger charge is 2.42. The summed E-state index contributed by atoms with van der Waals surface area (Å²) in [5.74, 6) is 0. The molecule has 0 unspecified atom stereocenters. The normalized spacial score (nSPS) is 18.3. The number of nitrogens with zero attached hydrogens (tertiary/aromatic N) is 3. The summed E-state index contributed by atoms with van der Waals surface area (Å²) in [5.41, 5.74) is 6.79. The Morgan fingerprint density at radius 1 is 0.839 bits per heavy atom. The lowest BCUT2D eigenvalue weighted by molar-refractivity contribution is 0.549. The number of anilines is 1. The van der Waals surface area contributed by atoms with Crippen LogP contribution in [0.1, 0.15) is 34.6 Å². The summed E-state index contributed by atoms with van der Waals surface area (Å²) in [6, 6.07) is 27.2. The van der Waals surface area contributed by atoms with Gasteiger partial charge in [-0.3, -0.25) is 4.98 Å². The van der Waals surface area contributed by atoms with Crippen molar-refractivity contribution in [2.45, 2.75) is 25.9 Å². The van der Waals surface area contributed by atoms with Crippen molar-refractivity contribution in [3.63, 3.8) is 0 Å². The van der Waals surface area contributed by atoms with Crippen molar-refractivity contribution in [3.8, 4) is 5.69 Å². The molecule has 1 saturated heterocycles. The van der Waals surface area contributed by atoms with Gasteiger partial charge in [0.1, 0.15) is 6.04 Å². The Labute approximate surface area is 188 Å². The van der Waals surface area contributed by atoms with Gasteiger partial charge in [0.25, 0.3) is 0 Å². The summed E-state index contributed by atoms with van der Waals surface area (Å²) in [4.78, 5) is 6.90. The van der Waals surface area contributed by atoms with Crippen LogP contribution in [0.25, 0.3) is 5.69 Å². The standard InChI is InChI=1S/C26H24N4S/c1-18-15-19(2)17-21(16-18)30-25(24(28-26(30)31)22-11-6-7-13-27-22)23-12-8-14-29(23)20-9-4-3-5-10-20/h3-17,24-25H,1-2H3,(H,28,31)/t24-,25-/m0/s1. The molecule has 0 spiro atoms. The van der Waals surface area contributed by atoms with Crippen LogP contribution >= 0.6 is 12.2 Å². The number of aromatic nitrogens is 2. The Bertz CT molecular complexity index is 1200. The highest BCUT2D eigenvalue weighted by atomic mass is 32.1. The fourth-order valence-corrected chi connectivity index (χ4v) is 4.83. The first-order valence-electron chi connectivity index (χ1n) is 10.4. The molecule has 2 aromatic heterocycles. The number of pyridine rings is 1. The minimum absolute atomic E-state index is 0.0428. The molecule has 1 fully saturated rings. The zero-order valence-electron chi connectivity index (χ0n) is 17.6. The summed E-state index contributed by atoms with van der Waals surface area (Å²) >= 11 is 5.87. The molecule has 1 N–H and O–H groups in total. The zero-order valence-corrected chi connectivity index (χ0v) is 18.4. The molecule has 4 aromatic rings. The maximum absolute atomic E-state index is 5.87. The van der Waals surface area contributed by atoms with Crippen LogP contribution in [0.3, 0.4) is 0 Å². The van der Waals surface area contributed by atoms with E-state index in [2.05, 4.69) is 100 Å². The monoisotopic (exact) mass is 424 g/mol. The van der Waals surface area contributed by atoms with Gasteiger partial charge in [-0.25, -0.2) is 0 Å². The molecule has 2 atom stereocenters. The largest absolute Gasteiger partial charge is 0.351 e. The number of aryl methyl sites for hydroxylation is 2. The number of para-hydroxylation sites is 1. The molecule has 5 rings (SSSR count). The van der Waals surface area contributed by atoms with Gasteiger partial charge in [-0.15, -0.1) is 0 Å². The van der Waals surface area contributed by atoms with E-state index in [9.17, 15) is 0 Å². The zero-order chi connectivity index (χ0) is 21.4. The highest BCUT2D eigenvalue weighted by molar-refractivity contribution is 7.80. The Kier molecular flexibility index (Phi) is 5.04. The minimum Gasteiger partial charge on any atom is -0.351 e. The van der Waals surface area contributed by atoms with Crippen LogP contribution in [0.4, 0.5) is 5.69 Å². The Morgan fingerprint density at radius 3 is 2.29 bits per heavy atom. The van der Waals surface area contributed by atoms with Gasteiger partial charge in [-0.05, 0) is 85.7 Å². The van der Waals surface area contributed by atoms with Crippen LogP contribution < -0.4 is 10.2 Å². The Morgan fingerprint density at radius 2 is 1.58 bits per heavy atom. The van der Waals surface area contributed by atoms with Crippen LogP contribution in [0, 0.1) is 13.8 Å². The second kappa shape index (κ2) is 8.00. The highest BCUT2D eigenvalue weighted by Crippen LogP contribution is 2.42. The van der Waals surface area contributed by atoms with Crippen molar-refractivity contribution in [1.29, 1.82) is 0 Å². The van der Waals surface area contributed by atoms with Gasteiger partial charge < -0.3 is 14.8 Å².